The topological polar surface area (TPSA) is 47.6 Å². The Morgan fingerprint density at radius 2 is 2.38 bits per heavy atom. The average Bonchev–Trinajstić information content (AvgIpc) is 3.16. The molecule has 1 fully saturated rings. The lowest BCUT2D eigenvalue weighted by atomic mass is 10.2. The van der Waals surface area contributed by atoms with Crippen molar-refractivity contribution in [1.82, 2.24) is 24.1 Å². The number of ether oxygens (including phenoxy) is 1. The Morgan fingerprint density at radius 1 is 1.38 bits per heavy atom. The van der Waals surface area contributed by atoms with Crippen molar-refractivity contribution in [3.05, 3.63) is 41.9 Å². The molecule has 0 saturated carbocycles. The number of thiazole rings is 1. The van der Waals surface area contributed by atoms with Gasteiger partial charge < -0.3 is 4.74 Å². The van der Waals surface area contributed by atoms with Crippen molar-refractivity contribution in [2.45, 2.75) is 19.2 Å². The largest absolute Gasteiger partial charge is 0.374 e. The van der Waals surface area contributed by atoms with Crippen LogP contribution in [-0.2, 0) is 17.8 Å². The summed E-state index contributed by atoms with van der Waals surface area (Å²) >= 11 is 1.67. The maximum absolute atomic E-state index is 5.84. The second-order valence-electron chi connectivity index (χ2n) is 5.28. The van der Waals surface area contributed by atoms with E-state index in [0.717, 1.165) is 43.4 Å². The van der Waals surface area contributed by atoms with Gasteiger partial charge in [0.05, 0.1) is 24.9 Å². The molecule has 3 aromatic heterocycles. The van der Waals surface area contributed by atoms with Crippen LogP contribution in [-0.4, -0.2) is 49.9 Å². The molecule has 0 amide bonds. The monoisotopic (exact) mass is 303 g/mol. The summed E-state index contributed by atoms with van der Waals surface area (Å²) in [6.07, 6.45) is 8.15. The van der Waals surface area contributed by atoms with Gasteiger partial charge in [-0.3, -0.25) is 14.0 Å². The minimum absolute atomic E-state index is 0.197. The standard InChI is InChI=1S/C14H17N5OS/c1-2-15-19(3-1)11-13-10-17(4-6-20-13)8-12-9-18-5-7-21-14(18)16-12/h1-3,5,7,9,13H,4,6,8,10-11H2/t13-/m0/s1. The third kappa shape index (κ3) is 2.85. The van der Waals surface area contributed by atoms with E-state index in [4.69, 9.17) is 4.74 Å². The van der Waals surface area contributed by atoms with Crippen LogP contribution in [0, 0.1) is 0 Å². The number of rotatable bonds is 4. The summed E-state index contributed by atoms with van der Waals surface area (Å²) in [7, 11) is 0. The van der Waals surface area contributed by atoms with E-state index in [-0.39, 0.29) is 6.10 Å². The summed E-state index contributed by atoms with van der Waals surface area (Å²) in [6.45, 7) is 4.34. The number of hydrogen-bond acceptors (Lipinski definition) is 5. The average molecular weight is 303 g/mol. The Morgan fingerprint density at radius 3 is 3.24 bits per heavy atom. The van der Waals surface area contributed by atoms with E-state index in [9.17, 15) is 0 Å². The lowest BCUT2D eigenvalue weighted by Gasteiger charge is -2.32. The highest BCUT2D eigenvalue weighted by molar-refractivity contribution is 7.15. The summed E-state index contributed by atoms with van der Waals surface area (Å²) in [5.74, 6) is 0. The van der Waals surface area contributed by atoms with Gasteiger partial charge in [0.25, 0.3) is 0 Å². The van der Waals surface area contributed by atoms with E-state index in [1.54, 1.807) is 17.5 Å². The summed E-state index contributed by atoms with van der Waals surface area (Å²) in [5.41, 5.74) is 1.13. The van der Waals surface area contributed by atoms with E-state index in [1.807, 2.05) is 16.9 Å². The molecule has 0 unspecified atom stereocenters. The lowest BCUT2D eigenvalue weighted by Crippen LogP contribution is -2.43. The van der Waals surface area contributed by atoms with Crippen molar-refractivity contribution >= 4 is 16.3 Å². The first kappa shape index (κ1) is 13.0. The van der Waals surface area contributed by atoms with Crippen LogP contribution in [0.2, 0.25) is 0 Å². The van der Waals surface area contributed by atoms with E-state index in [0.29, 0.717) is 0 Å². The van der Waals surface area contributed by atoms with Crippen LogP contribution in [0.25, 0.3) is 4.96 Å². The van der Waals surface area contributed by atoms with Gasteiger partial charge in [-0.25, -0.2) is 4.98 Å². The number of morpholine rings is 1. The van der Waals surface area contributed by atoms with Gasteiger partial charge in [0.1, 0.15) is 0 Å². The molecule has 6 nitrogen and oxygen atoms in total. The first-order valence-electron chi connectivity index (χ1n) is 7.09. The Bertz CT molecular complexity index is 675. The summed E-state index contributed by atoms with van der Waals surface area (Å²) in [6, 6.07) is 1.94. The predicted octanol–water partition coefficient (Wildman–Crippen LogP) is 1.49. The second kappa shape index (κ2) is 5.59. The third-order valence-electron chi connectivity index (χ3n) is 3.70. The van der Waals surface area contributed by atoms with Gasteiger partial charge in [0.2, 0.25) is 0 Å². The molecule has 0 spiro atoms. The number of hydrogen-bond donors (Lipinski definition) is 0. The molecule has 21 heavy (non-hydrogen) atoms. The fourth-order valence-corrected chi connectivity index (χ4v) is 3.45. The van der Waals surface area contributed by atoms with Crippen LogP contribution < -0.4 is 0 Å². The van der Waals surface area contributed by atoms with Gasteiger partial charge in [0.15, 0.2) is 4.96 Å². The maximum atomic E-state index is 5.84. The fraction of sp³-hybridized carbons (Fsp3) is 0.429. The molecule has 1 aliphatic rings. The Labute approximate surface area is 126 Å². The van der Waals surface area contributed by atoms with Crippen molar-refractivity contribution in [2.75, 3.05) is 19.7 Å². The normalized spacial score (nSPS) is 20.3. The third-order valence-corrected chi connectivity index (χ3v) is 4.47. The highest BCUT2D eigenvalue weighted by Crippen LogP contribution is 2.15. The SMILES string of the molecule is c1cnn(C[C@@H]2CN(Cc3cn4ccsc4n3)CCO2)c1. The summed E-state index contributed by atoms with van der Waals surface area (Å²) in [5, 5.41) is 6.30. The molecule has 0 bridgehead atoms. The van der Waals surface area contributed by atoms with E-state index < -0.39 is 0 Å². The van der Waals surface area contributed by atoms with Crippen molar-refractivity contribution in [1.29, 1.82) is 0 Å². The fourth-order valence-electron chi connectivity index (χ4n) is 2.73. The zero-order chi connectivity index (χ0) is 14.1. The van der Waals surface area contributed by atoms with Crippen LogP contribution in [0.4, 0.5) is 0 Å². The smallest absolute Gasteiger partial charge is 0.193 e. The number of nitrogens with zero attached hydrogens (tertiary/aromatic N) is 5. The van der Waals surface area contributed by atoms with Gasteiger partial charge in [-0.05, 0) is 6.07 Å². The zero-order valence-corrected chi connectivity index (χ0v) is 12.4. The second-order valence-corrected chi connectivity index (χ2v) is 6.15. The molecule has 0 N–H and O–H groups in total. The van der Waals surface area contributed by atoms with E-state index >= 15 is 0 Å². The van der Waals surface area contributed by atoms with E-state index in [1.165, 1.54) is 0 Å². The van der Waals surface area contributed by atoms with Crippen molar-refractivity contribution in [3.8, 4) is 0 Å². The van der Waals surface area contributed by atoms with Crippen molar-refractivity contribution < 1.29 is 4.74 Å². The Balaban J connectivity index is 1.39. The van der Waals surface area contributed by atoms with Crippen LogP contribution in [0.5, 0.6) is 0 Å². The molecule has 0 radical (unpaired) electrons. The van der Waals surface area contributed by atoms with Crippen molar-refractivity contribution in [3.63, 3.8) is 0 Å². The molecule has 1 atom stereocenters. The van der Waals surface area contributed by atoms with E-state index in [2.05, 4.69) is 37.2 Å². The number of fused-ring (bicyclic) bond motifs is 1. The molecule has 0 aliphatic carbocycles. The van der Waals surface area contributed by atoms with Crippen LogP contribution in [0.1, 0.15) is 5.69 Å². The molecule has 0 aromatic carbocycles. The predicted molar refractivity (Wildman–Crippen MR) is 80.3 cm³/mol. The maximum Gasteiger partial charge on any atom is 0.193 e. The van der Waals surface area contributed by atoms with Gasteiger partial charge in [-0.15, -0.1) is 11.3 Å². The number of aromatic nitrogens is 4. The highest BCUT2D eigenvalue weighted by Gasteiger charge is 2.21. The Hall–Kier alpha value is -1.70. The summed E-state index contributed by atoms with van der Waals surface area (Å²) in [4.78, 5) is 8.12. The minimum Gasteiger partial charge on any atom is -0.374 e. The van der Waals surface area contributed by atoms with Crippen LogP contribution in [0.15, 0.2) is 36.2 Å². The minimum atomic E-state index is 0.197. The molecule has 1 saturated heterocycles. The van der Waals surface area contributed by atoms with Gasteiger partial charge in [-0.1, -0.05) is 0 Å². The first-order chi connectivity index (χ1) is 10.4. The molecule has 3 aromatic rings. The Kier molecular flexibility index (Phi) is 3.46. The number of imidazole rings is 1. The molecule has 4 heterocycles. The highest BCUT2D eigenvalue weighted by atomic mass is 32.1. The quantitative estimate of drug-likeness (QED) is 0.733. The lowest BCUT2D eigenvalue weighted by molar-refractivity contribution is -0.0405. The molecule has 4 rings (SSSR count). The molecular formula is C14H17N5OS. The molecule has 1 aliphatic heterocycles. The van der Waals surface area contributed by atoms with Gasteiger partial charge in [0, 0.05) is 49.8 Å². The van der Waals surface area contributed by atoms with Crippen molar-refractivity contribution in [2.24, 2.45) is 0 Å². The molecular weight excluding hydrogens is 286 g/mol. The van der Waals surface area contributed by atoms with Gasteiger partial charge in [-0.2, -0.15) is 5.10 Å². The molecule has 7 heteroatoms. The zero-order valence-electron chi connectivity index (χ0n) is 11.6. The van der Waals surface area contributed by atoms with Crippen LogP contribution >= 0.6 is 11.3 Å². The summed E-state index contributed by atoms with van der Waals surface area (Å²) < 4.78 is 9.85. The van der Waals surface area contributed by atoms with Crippen LogP contribution in [0.3, 0.4) is 0 Å². The first-order valence-corrected chi connectivity index (χ1v) is 7.97. The molecule has 110 valence electrons. The van der Waals surface area contributed by atoms with Gasteiger partial charge >= 0.3 is 0 Å².